The van der Waals surface area contributed by atoms with E-state index in [9.17, 15) is 13.2 Å². The van der Waals surface area contributed by atoms with Crippen LogP contribution in [-0.4, -0.2) is 33.5 Å². The number of halogens is 1. The first-order valence-corrected chi connectivity index (χ1v) is 6.84. The largest absolute Gasteiger partial charge is 0.452 e. The van der Waals surface area contributed by atoms with Gasteiger partial charge in [0.1, 0.15) is 0 Å². The van der Waals surface area contributed by atoms with Crippen LogP contribution in [0.5, 0.6) is 0 Å². The third-order valence-electron chi connectivity index (χ3n) is 2.44. The van der Waals surface area contributed by atoms with Crippen molar-refractivity contribution in [2.24, 2.45) is 5.92 Å². The van der Waals surface area contributed by atoms with E-state index in [1.807, 2.05) is 0 Å². The lowest BCUT2D eigenvalue weighted by Crippen LogP contribution is -2.41. The van der Waals surface area contributed by atoms with Gasteiger partial charge < -0.3 is 4.74 Å². The Morgan fingerprint density at radius 2 is 2.19 bits per heavy atom. The van der Waals surface area contributed by atoms with Crippen LogP contribution in [0.1, 0.15) is 19.3 Å². The van der Waals surface area contributed by atoms with Crippen LogP contribution in [0.3, 0.4) is 0 Å². The number of ether oxygens (including phenoxy) is 1. The van der Waals surface area contributed by atoms with Gasteiger partial charge in [0.05, 0.1) is 7.11 Å². The second kappa shape index (κ2) is 5.70. The van der Waals surface area contributed by atoms with Crippen molar-refractivity contribution in [2.75, 3.05) is 13.7 Å². The molecule has 16 heavy (non-hydrogen) atoms. The summed E-state index contributed by atoms with van der Waals surface area (Å²) in [6, 6.07) is 0. The Bertz CT molecular complexity index is 346. The number of nitrogens with one attached hydrogen (secondary N) is 2. The van der Waals surface area contributed by atoms with Crippen LogP contribution in [0.4, 0.5) is 4.79 Å². The van der Waals surface area contributed by atoms with Gasteiger partial charge in [0.25, 0.3) is 0 Å². The Labute approximate surface area is 99.9 Å². The molecular formula is C8H15ClN2O4S. The van der Waals surface area contributed by atoms with Gasteiger partial charge in [-0.1, -0.05) is 0 Å². The molecule has 1 rings (SSSR count). The normalized spacial score (nSPS) is 25.4. The van der Waals surface area contributed by atoms with E-state index in [1.54, 1.807) is 4.72 Å². The Morgan fingerprint density at radius 1 is 1.50 bits per heavy atom. The summed E-state index contributed by atoms with van der Waals surface area (Å²) in [5.41, 5.74) is 0. The molecule has 0 bridgehead atoms. The van der Waals surface area contributed by atoms with Gasteiger partial charge in [0.2, 0.25) is 0 Å². The van der Waals surface area contributed by atoms with Crippen LogP contribution >= 0.6 is 11.6 Å². The van der Waals surface area contributed by atoms with Crippen molar-refractivity contribution in [3.63, 3.8) is 0 Å². The predicted molar refractivity (Wildman–Crippen MR) is 59.4 cm³/mol. The van der Waals surface area contributed by atoms with Crippen molar-refractivity contribution in [1.29, 1.82) is 0 Å². The molecule has 1 aliphatic carbocycles. The van der Waals surface area contributed by atoms with E-state index in [1.165, 1.54) is 0 Å². The Balaban J connectivity index is 2.33. The van der Waals surface area contributed by atoms with Gasteiger partial charge in [0, 0.05) is 11.9 Å². The topological polar surface area (TPSA) is 84.5 Å². The minimum Gasteiger partial charge on any atom is -0.452 e. The molecule has 8 heteroatoms. The van der Waals surface area contributed by atoms with E-state index in [-0.39, 0.29) is 17.8 Å². The molecule has 0 aromatic rings. The third kappa shape index (κ3) is 4.54. The highest BCUT2D eigenvalue weighted by atomic mass is 35.5. The molecule has 0 saturated heterocycles. The molecule has 0 aromatic carbocycles. The minimum atomic E-state index is -3.82. The summed E-state index contributed by atoms with van der Waals surface area (Å²) < 4.78 is 30.7. The summed E-state index contributed by atoms with van der Waals surface area (Å²) in [6.07, 6.45) is 1.59. The number of alkyl halides is 1. The van der Waals surface area contributed by atoms with Crippen LogP contribution in [0.15, 0.2) is 0 Å². The summed E-state index contributed by atoms with van der Waals surface area (Å²) in [5.74, 6) is 0.233. The lowest BCUT2D eigenvalue weighted by Gasteiger charge is -2.11. The first kappa shape index (κ1) is 13.5. The second-order valence-corrected chi connectivity index (χ2v) is 5.84. The number of hydrogen-bond donors (Lipinski definition) is 2. The van der Waals surface area contributed by atoms with Gasteiger partial charge in [-0.3, -0.25) is 0 Å². The van der Waals surface area contributed by atoms with Crippen LogP contribution in [0, 0.1) is 5.92 Å². The zero-order valence-electron chi connectivity index (χ0n) is 8.90. The molecule has 1 fully saturated rings. The molecule has 1 amide bonds. The average molecular weight is 271 g/mol. The van der Waals surface area contributed by atoms with E-state index >= 15 is 0 Å². The monoisotopic (exact) mass is 270 g/mol. The van der Waals surface area contributed by atoms with Crippen molar-refractivity contribution in [1.82, 2.24) is 9.44 Å². The van der Waals surface area contributed by atoms with E-state index in [0.717, 1.165) is 26.4 Å². The SMILES string of the molecule is COC(=O)NS(=O)(=O)NCC1CCC(Cl)C1. The van der Waals surface area contributed by atoms with Crippen molar-refractivity contribution in [2.45, 2.75) is 24.6 Å². The zero-order chi connectivity index (χ0) is 12.2. The van der Waals surface area contributed by atoms with Gasteiger partial charge in [-0.2, -0.15) is 13.1 Å². The summed E-state index contributed by atoms with van der Waals surface area (Å²) >= 11 is 5.90. The molecule has 2 atom stereocenters. The smallest absolute Gasteiger partial charge is 0.421 e. The van der Waals surface area contributed by atoms with Gasteiger partial charge in [-0.25, -0.2) is 9.52 Å². The van der Waals surface area contributed by atoms with Gasteiger partial charge in [-0.15, -0.1) is 11.6 Å². The quantitative estimate of drug-likeness (QED) is 0.732. The lowest BCUT2D eigenvalue weighted by molar-refractivity contribution is 0.177. The molecule has 1 aliphatic rings. The average Bonchev–Trinajstić information content (AvgIpc) is 2.61. The number of carbonyl (C=O) groups excluding carboxylic acids is 1. The minimum absolute atomic E-state index is 0.128. The van der Waals surface area contributed by atoms with Crippen LogP contribution in [0.2, 0.25) is 0 Å². The number of carbonyl (C=O) groups is 1. The molecule has 0 radical (unpaired) electrons. The third-order valence-corrected chi connectivity index (χ3v) is 3.82. The maximum atomic E-state index is 11.3. The predicted octanol–water partition coefficient (Wildman–Crippen LogP) is 0.584. The molecule has 0 aromatic heterocycles. The zero-order valence-corrected chi connectivity index (χ0v) is 10.5. The molecule has 2 unspecified atom stereocenters. The summed E-state index contributed by atoms with van der Waals surface area (Å²) in [4.78, 5) is 10.7. The maximum Gasteiger partial charge on any atom is 0.421 e. The van der Waals surface area contributed by atoms with Gasteiger partial charge in [0.15, 0.2) is 0 Å². The van der Waals surface area contributed by atoms with E-state index in [0.29, 0.717) is 0 Å². The molecule has 0 spiro atoms. The number of methoxy groups -OCH3 is 1. The fourth-order valence-electron chi connectivity index (χ4n) is 1.61. The molecule has 94 valence electrons. The van der Waals surface area contributed by atoms with E-state index in [4.69, 9.17) is 11.6 Å². The summed E-state index contributed by atoms with van der Waals surface area (Å²) in [7, 11) is -2.72. The Hall–Kier alpha value is -0.530. The highest BCUT2D eigenvalue weighted by Crippen LogP contribution is 2.28. The standard InChI is InChI=1S/C8H15ClN2O4S/c1-15-8(12)11-16(13,14)10-5-6-2-3-7(9)4-6/h6-7,10H,2-5H2,1H3,(H,11,12). The van der Waals surface area contributed by atoms with Gasteiger partial charge >= 0.3 is 16.3 Å². The van der Waals surface area contributed by atoms with E-state index in [2.05, 4.69) is 9.46 Å². The molecule has 1 saturated carbocycles. The lowest BCUT2D eigenvalue weighted by atomic mass is 10.1. The molecular weight excluding hydrogens is 256 g/mol. The fraction of sp³-hybridized carbons (Fsp3) is 0.875. The van der Waals surface area contributed by atoms with Crippen molar-refractivity contribution >= 4 is 27.9 Å². The Morgan fingerprint density at radius 3 is 2.69 bits per heavy atom. The Kier molecular flexibility index (Phi) is 4.82. The van der Waals surface area contributed by atoms with Crippen LogP contribution in [-0.2, 0) is 14.9 Å². The highest BCUT2D eigenvalue weighted by molar-refractivity contribution is 7.88. The summed E-state index contributed by atoms with van der Waals surface area (Å²) in [5, 5.41) is 0.128. The number of hydrogen-bond acceptors (Lipinski definition) is 4. The highest BCUT2D eigenvalue weighted by Gasteiger charge is 2.24. The molecule has 6 nitrogen and oxygen atoms in total. The van der Waals surface area contributed by atoms with Crippen LogP contribution < -0.4 is 9.44 Å². The number of rotatable bonds is 4. The second-order valence-electron chi connectivity index (χ2n) is 3.72. The molecule has 2 N–H and O–H groups in total. The number of amides is 1. The molecule has 0 heterocycles. The van der Waals surface area contributed by atoms with Crippen molar-refractivity contribution in [3.8, 4) is 0 Å². The fourth-order valence-corrected chi connectivity index (χ4v) is 2.82. The van der Waals surface area contributed by atoms with Gasteiger partial charge in [-0.05, 0) is 25.2 Å². The van der Waals surface area contributed by atoms with E-state index < -0.39 is 16.3 Å². The summed E-state index contributed by atoms with van der Waals surface area (Å²) in [6.45, 7) is 0.287. The first-order chi connectivity index (χ1) is 7.43. The van der Waals surface area contributed by atoms with Crippen molar-refractivity contribution in [3.05, 3.63) is 0 Å². The maximum absolute atomic E-state index is 11.3. The molecule has 0 aliphatic heterocycles. The van der Waals surface area contributed by atoms with Crippen LogP contribution in [0.25, 0.3) is 0 Å². The van der Waals surface area contributed by atoms with Crippen molar-refractivity contribution < 1.29 is 17.9 Å². The first-order valence-electron chi connectivity index (χ1n) is 4.92.